The molecule has 0 radical (unpaired) electrons. The maximum absolute atomic E-state index is 12.4. The zero-order valence-electron chi connectivity index (χ0n) is 8.70. The van der Waals surface area contributed by atoms with E-state index in [1.165, 1.54) is 12.3 Å². The second-order valence-corrected chi connectivity index (χ2v) is 3.44. The Labute approximate surface area is 83.5 Å². The van der Waals surface area contributed by atoms with Crippen LogP contribution in [0.15, 0.2) is 18.3 Å². The maximum Gasteiger partial charge on any atom is 0.213 e. The predicted octanol–water partition coefficient (Wildman–Crippen LogP) is 1.55. The van der Waals surface area contributed by atoms with Gasteiger partial charge < -0.3 is 9.64 Å². The fourth-order valence-electron chi connectivity index (χ4n) is 0.814. The first-order valence-electron chi connectivity index (χ1n) is 4.50. The fourth-order valence-corrected chi connectivity index (χ4v) is 0.814. The molecule has 0 aromatic carbocycles. The van der Waals surface area contributed by atoms with Gasteiger partial charge in [-0.1, -0.05) is 0 Å². The van der Waals surface area contributed by atoms with Gasteiger partial charge in [-0.3, -0.25) is 0 Å². The molecule has 1 aromatic heterocycles. The molecule has 78 valence electrons. The Balaban J connectivity index is 2.42. The average Bonchev–Trinajstić information content (AvgIpc) is 2.16. The molecule has 3 nitrogen and oxygen atoms in total. The van der Waals surface area contributed by atoms with Crippen molar-refractivity contribution in [1.82, 2.24) is 9.88 Å². The van der Waals surface area contributed by atoms with Crippen molar-refractivity contribution in [2.45, 2.75) is 13.0 Å². The third-order valence-electron chi connectivity index (χ3n) is 2.07. The van der Waals surface area contributed by atoms with E-state index in [1.54, 1.807) is 6.07 Å². The molecule has 0 amide bonds. The van der Waals surface area contributed by atoms with Crippen molar-refractivity contribution < 1.29 is 9.13 Å². The highest BCUT2D eigenvalue weighted by Gasteiger charge is 2.05. The highest BCUT2D eigenvalue weighted by atomic mass is 19.1. The van der Waals surface area contributed by atoms with Crippen molar-refractivity contribution >= 4 is 0 Å². The standard InChI is InChI=1S/C10H15FN2O/c1-8(13(2)3)7-14-9-4-5-10(11)12-6-9/h4-6,8H,7H2,1-3H3/t8-/m1/s1. The zero-order valence-corrected chi connectivity index (χ0v) is 8.70. The number of ether oxygens (including phenoxy) is 1. The summed E-state index contributed by atoms with van der Waals surface area (Å²) in [5.41, 5.74) is 0. The van der Waals surface area contributed by atoms with E-state index < -0.39 is 5.95 Å². The molecule has 0 aliphatic heterocycles. The lowest BCUT2D eigenvalue weighted by atomic mass is 10.3. The highest BCUT2D eigenvalue weighted by molar-refractivity contribution is 5.16. The second kappa shape index (κ2) is 4.91. The van der Waals surface area contributed by atoms with E-state index in [0.717, 1.165) is 0 Å². The van der Waals surface area contributed by atoms with Crippen molar-refractivity contribution in [1.29, 1.82) is 0 Å². The molecule has 0 N–H and O–H groups in total. The van der Waals surface area contributed by atoms with Crippen LogP contribution >= 0.6 is 0 Å². The van der Waals surface area contributed by atoms with Crippen LogP contribution < -0.4 is 4.74 Å². The minimum Gasteiger partial charge on any atom is -0.490 e. The van der Waals surface area contributed by atoms with Gasteiger partial charge in [-0.05, 0) is 33.2 Å². The summed E-state index contributed by atoms with van der Waals surface area (Å²) in [6, 6.07) is 3.18. The Hall–Kier alpha value is -1.16. The fraction of sp³-hybridized carbons (Fsp3) is 0.500. The Kier molecular flexibility index (Phi) is 3.83. The van der Waals surface area contributed by atoms with Crippen molar-refractivity contribution in [3.05, 3.63) is 24.3 Å². The van der Waals surface area contributed by atoms with Gasteiger partial charge in [0.05, 0.1) is 6.20 Å². The summed E-state index contributed by atoms with van der Waals surface area (Å²) in [5.74, 6) is 0.109. The molecule has 0 aliphatic carbocycles. The van der Waals surface area contributed by atoms with Crippen molar-refractivity contribution in [3.63, 3.8) is 0 Å². The summed E-state index contributed by atoms with van der Waals surface area (Å²) in [4.78, 5) is 5.55. The van der Waals surface area contributed by atoms with Crippen molar-refractivity contribution in [2.75, 3.05) is 20.7 Å². The van der Waals surface area contributed by atoms with E-state index in [1.807, 2.05) is 14.1 Å². The minimum absolute atomic E-state index is 0.319. The van der Waals surface area contributed by atoms with Crippen molar-refractivity contribution in [3.8, 4) is 5.75 Å². The van der Waals surface area contributed by atoms with Crippen LogP contribution in [0.1, 0.15) is 6.92 Å². The van der Waals surface area contributed by atoms with E-state index in [0.29, 0.717) is 18.4 Å². The van der Waals surface area contributed by atoms with Gasteiger partial charge in [0, 0.05) is 6.04 Å². The molecule has 0 saturated heterocycles. The topological polar surface area (TPSA) is 25.4 Å². The van der Waals surface area contributed by atoms with Crippen LogP contribution in [-0.4, -0.2) is 36.6 Å². The summed E-state index contributed by atoms with van der Waals surface area (Å²) in [6.07, 6.45) is 1.39. The van der Waals surface area contributed by atoms with E-state index >= 15 is 0 Å². The smallest absolute Gasteiger partial charge is 0.213 e. The van der Waals surface area contributed by atoms with Gasteiger partial charge >= 0.3 is 0 Å². The van der Waals surface area contributed by atoms with E-state index in [4.69, 9.17) is 4.74 Å². The average molecular weight is 198 g/mol. The maximum atomic E-state index is 12.4. The van der Waals surface area contributed by atoms with E-state index in [2.05, 4.69) is 16.8 Å². The monoisotopic (exact) mass is 198 g/mol. The predicted molar refractivity (Wildman–Crippen MR) is 52.8 cm³/mol. The first-order chi connectivity index (χ1) is 6.59. The van der Waals surface area contributed by atoms with Crippen LogP contribution in [0.5, 0.6) is 5.75 Å². The van der Waals surface area contributed by atoms with E-state index in [-0.39, 0.29) is 0 Å². The van der Waals surface area contributed by atoms with Crippen LogP contribution in [0, 0.1) is 5.95 Å². The summed E-state index contributed by atoms with van der Waals surface area (Å²) in [6.45, 7) is 2.62. The lowest BCUT2D eigenvalue weighted by Gasteiger charge is -2.19. The van der Waals surface area contributed by atoms with E-state index in [9.17, 15) is 4.39 Å². The van der Waals surface area contributed by atoms with Crippen LogP contribution in [0.25, 0.3) is 0 Å². The number of aromatic nitrogens is 1. The van der Waals surface area contributed by atoms with Crippen LogP contribution in [0.2, 0.25) is 0 Å². The SMILES string of the molecule is C[C@H](COc1ccc(F)nc1)N(C)C. The Bertz CT molecular complexity index is 274. The lowest BCUT2D eigenvalue weighted by Crippen LogP contribution is -2.30. The first kappa shape index (κ1) is 10.9. The van der Waals surface area contributed by atoms with Gasteiger partial charge in [0.1, 0.15) is 12.4 Å². The molecule has 0 fully saturated rings. The van der Waals surface area contributed by atoms with Gasteiger partial charge in [-0.2, -0.15) is 4.39 Å². The summed E-state index contributed by atoms with van der Waals surface area (Å²) >= 11 is 0. The molecule has 0 aliphatic rings. The number of likely N-dealkylation sites (N-methyl/N-ethyl adjacent to an activating group) is 1. The van der Waals surface area contributed by atoms with Gasteiger partial charge in [0.15, 0.2) is 0 Å². The molecular formula is C10H15FN2O. The molecule has 1 atom stereocenters. The largest absolute Gasteiger partial charge is 0.490 e. The Morgan fingerprint density at radius 3 is 2.71 bits per heavy atom. The normalized spacial score (nSPS) is 12.9. The van der Waals surface area contributed by atoms with Gasteiger partial charge in [-0.25, -0.2) is 4.98 Å². The summed E-state index contributed by atoms with van der Waals surface area (Å²) < 4.78 is 17.9. The van der Waals surface area contributed by atoms with Gasteiger partial charge in [-0.15, -0.1) is 0 Å². The highest BCUT2D eigenvalue weighted by Crippen LogP contribution is 2.09. The third kappa shape index (κ3) is 3.30. The molecule has 14 heavy (non-hydrogen) atoms. The third-order valence-corrected chi connectivity index (χ3v) is 2.07. The van der Waals surface area contributed by atoms with Crippen LogP contribution in [0.4, 0.5) is 4.39 Å². The van der Waals surface area contributed by atoms with Crippen LogP contribution in [-0.2, 0) is 0 Å². The first-order valence-corrected chi connectivity index (χ1v) is 4.50. The number of rotatable bonds is 4. The summed E-state index contributed by atoms with van der Waals surface area (Å²) in [5, 5.41) is 0. The number of hydrogen-bond donors (Lipinski definition) is 0. The van der Waals surface area contributed by atoms with Crippen LogP contribution in [0.3, 0.4) is 0 Å². The number of halogens is 1. The lowest BCUT2D eigenvalue weighted by molar-refractivity contribution is 0.197. The number of nitrogens with zero attached hydrogens (tertiary/aromatic N) is 2. The van der Waals surface area contributed by atoms with Crippen molar-refractivity contribution in [2.24, 2.45) is 0 Å². The molecule has 1 aromatic rings. The molecule has 0 spiro atoms. The molecule has 1 heterocycles. The Morgan fingerprint density at radius 2 is 2.21 bits per heavy atom. The van der Waals surface area contributed by atoms with Gasteiger partial charge in [0.25, 0.3) is 0 Å². The second-order valence-electron chi connectivity index (χ2n) is 3.44. The summed E-state index contributed by atoms with van der Waals surface area (Å²) in [7, 11) is 3.97. The number of pyridine rings is 1. The zero-order chi connectivity index (χ0) is 10.6. The molecule has 4 heteroatoms. The molecule has 0 unspecified atom stereocenters. The molecule has 1 rings (SSSR count). The molecule has 0 bridgehead atoms. The van der Waals surface area contributed by atoms with Gasteiger partial charge in [0.2, 0.25) is 5.95 Å². The molecule has 0 saturated carbocycles. The quantitative estimate of drug-likeness (QED) is 0.686. The molecular weight excluding hydrogens is 183 g/mol. The Morgan fingerprint density at radius 1 is 1.50 bits per heavy atom. The number of hydrogen-bond acceptors (Lipinski definition) is 3. The minimum atomic E-state index is -0.488.